The third kappa shape index (κ3) is 6.89. The molecule has 0 bridgehead atoms. The van der Waals surface area contributed by atoms with Crippen molar-refractivity contribution in [3.63, 3.8) is 0 Å². The van der Waals surface area contributed by atoms with Crippen LogP contribution in [-0.2, 0) is 25.7 Å². The summed E-state index contributed by atoms with van der Waals surface area (Å²) in [5.41, 5.74) is 1.53. The minimum Gasteiger partial charge on any atom is -0.462 e. The normalized spacial score (nSPS) is 18.6. The van der Waals surface area contributed by atoms with Crippen molar-refractivity contribution < 1.29 is 35.8 Å². The average molecular weight is 586 g/mol. The van der Waals surface area contributed by atoms with Gasteiger partial charge < -0.3 is 18.8 Å². The topological polar surface area (TPSA) is 118 Å². The Morgan fingerprint density at radius 1 is 1.15 bits per heavy atom. The summed E-state index contributed by atoms with van der Waals surface area (Å²) in [6, 6.07) is 1.32. The van der Waals surface area contributed by atoms with Crippen LogP contribution in [0.2, 0.25) is 0 Å². The molecule has 1 unspecified atom stereocenters. The summed E-state index contributed by atoms with van der Waals surface area (Å²) in [7, 11) is -3.38. The standard InChI is InChI=1S/C26H34F3N5O5S/c1-16(39-22-8-6-7-11-37-22)23-33-20-14-31-19(13-21(20)34(23)17(2)26(27,28)29)12-18-9-10-30-24(32-18)38-15-25(3,4)40(5,35)36/h9-10,13-14,16-17,22H,6-8,11-12,15H2,1-5H3/t16-,17+,22?/m1/s1. The molecule has 0 amide bonds. The lowest BCUT2D eigenvalue weighted by atomic mass is 10.2. The predicted molar refractivity (Wildman–Crippen MR) is 141 cm³/mol. The number of hydrogen-bond donors (Lipinski definition) is 0. The second kappa shape index (κ2) is 11.6. The third-order valence-electron chi connectivity index (χ3n) is 6.98. The number of imidazole rings is 1. The zero-order valence-electron chi connectivity index (χ0n) is 23.1. The lowest BCUT2D eigenvalue weighted by molar-refractivity contribution is -0.190. The number of fused-ring (bicyclic) bond motifs is 1. The summed E-state index contributed by atoms with van der Waals surface area (Å²) in [6.07, 6.45) is 0.943. The number of halogens is 3. The second-order valence-electron chi connectivity index (χ2n) is 10.6. The second-order valence-corrected chi connectivity index (χ2v) is 13.3. The summed E-state index contributed by atoms with van der Waals surface area (Å²) in [5, 5.41) is 0. The van der Waals surface area contributed by atoms with E-state index in [-0.39, 0.29) is 30.4 Å². The summed E-state index contributed by atoms with van der Waals surface area (Å²) >= 11 is 0. The molecule has 220 valence electrons. The van der Waals surface area contributed by atoms with Gasteiger partial charge >= 0.3 is 12.2 Å². The molecule has 4 rings (SSSR count). The van der Waals surface area contributed by atoms with Crippen LogP contribution in [-0.4, -0.2) is 69.6 Å². The molecule has 1 fully saturated rings. The van der Waals surface area contributed by atoms with Gasteiger partial charge in [0.05, 0.1) is 17.4 Å². The lowest BCUT2D eigenvalue weighted by Crippen LogP contribution is -2.37. The van der Waals surface area contributed by atoms with Crippen LogP contribution >= 0.6 is 0 Å². The Kier molecular flexibility index (Phi) is 8.71. The summed E-state index contributed by atoms with van der Waals surface area (Å²) in [6.45, 7) is 6.23. The van der Waals surface area contributed by atoms with Gasteiger partial charge in [0.1, 0.15) is 34.8 Å². The summed E-state index contributed by atoms with van der Waals surface area (Å²) in [4.78, 5) is 17.2. The van der Waals surface area contributed by atoms with Gasteiger partial charge in [-0.1, -0.05) is 0 Å². The first kappa shape index (κ1) is 30.1. The molecule has 0 radical (unpaired) electrons. The van der Waals surface area contributed by atoms with Gasteiger partial charge in [-0.25, -0.2) is 18.4 Å². The van der Waals surface area contributed by atoms with Crippen LogP contribution in [0.5, 0.6) is 6.01 Å². The molecule has 1 saturated heterocycles. The van der Waals surface area contributed by atoms with Crippen molar-refractivity contribution in [1.82, 2.24) is 24.5 Å². The van der Waals surface area contributed by atoms with Gasteiger partial charge in [0, 0.05) is 31.2 Å². The van der Waals surface area contributed by atoms with Crippen molar-refractivity contribution in [2.24, 2.45) is 0 Å². The Hall–Kier alpha value is -2.84. The van der Waals surface area contributed by atoms with E-state index in [0.29, 0.717) is 29.9 Å². The van der Waals surface area contributed by atoms with Crippen molar-refractivity contribution in [3.05, 3.63) is 41.7 Å². The van der Waals surface area contributed by atoms with Crippen LogP contribution in [0.1, 0.15) is 76.3 Å². The number of nitrogens with zero attached hydrogens (tertiary/aromatic N) is 5. The third-order valence-corrected chi connectivity index (χ3v) is 9.11. The molecule has 3 aromatic rings. The van der Waals surface area contributed by atoms with Crippen LogP contribution in [0, 0.1) is 0 Å². The van der Waals surface area contributed by atoms with Gasteiger partial charge in [0.15, 0.2) is 16.1 Å². The number of rotatable bonds is 10. The van der Waals surface area contributed by atoms with Crippen LogP contribution in [0.3, 0.4) is 0 Å². The highest BCUT2D eigenvalue weighted by Gasteiger charge is 2.40. The first-order valence-electron chi connectivity index (χ1n) is 13.0. The fraction of sp³-hybridized carbons (Fsp3) is 0.615. The quantitative estimate of drug-likeness (QED) is 0.332. The molecule has 1 aliphatic heterocycles. The van der Waals surface area contributed by atoms with E-state index in [9.17, 15) is 21.6 Å². The Morgan fingerprint density at radius 2 is 1.90 bits per heavy atom. The molecule has 0 saturated carbocycles. The van der Waals surface area contributed by atoms with E-state index in [2.05, 4.69) is 19.9 Å². The van der Waals surface area contributed by atoms with Crippen LogP contribution in [0.25, 0.3) is 11.0 Å². The molecular formula is C26H34F3N5O5S. The molecule has 1 aliphatic rings. The molecular weight excluding hydrogens is 551 g/mol. The maximum Gasteiger partial charge on any atom is 0.408 e. The molecule has 3 aromatic heterocycles. The highest BCUT2D eigenvalue weighted by atomic mass is 32.2. The van der Waals surface area contributed by atoms with Crippen molar-refractivity contribution >= 4 is 20.9 Å². The van der Waals surface area contributed by atoms with Crippen LogP contribution in [0.15, 0.2) is 24.5 Å². The minimum absolute atomic E-state index is 0.00997. The SMILES string of the molecule is C[C@H](n1c([C@@H](C)OC2CCCCO2)nc2cnc(Cc3ccnc(OCC(C)(C)S(C)(=O)=O)n3)cc21)C(F)(F)F. The van der Waals surface area contributed by atoms with E-state index < -0.39 is 39.2 Å². The number of hydrogen-bond acceptors (Lipinski definition) is 9. The molecule has 0 aliphatic carbocycles. The van der Waals surface area contributed by atoms with Crippen molar-refractivity contribution in [3.8, 4) is 6.01 Å². The van der Waals surface area contributed by atoms with Gasteiger partial charge in [-0.05, 0) is 59.1 Å². The molecule has 3 atom stereocenters. The number of alkyl halides is 3. The van der Waals surface area contributed by atoms with E-state index in [1.165, 1.54) is 12.4 Å². The molecule has 0 spiro atoms. The number of ether oxygens (including phenoxy) is 3. The van der Waals surface area contributed by atoms with Crippen molar-refractivity contribution in [2.75, 3.05) is 19.5 Å². The van der Waals surface area contributed by atoms with Gasteiger partial charge in [0.25, 0.3) is 0 Å². The van der Waals surface area contributed by atoms with Gasteiger partial charge in [0.2, 0.25) is 0 Å². The fourth-order valence-electron chi connectivity index (χ4n) is 4.18. The highest BCUT2D eigenvalue weighted by molar-refractivity contribution is 7.92. The molecule has 4 heterocycles. The number of sulfone groups is 1. The van der Waals surface area contributed by atoms with E-state index in [4.69, 9.17) is 14.2 Å². The van der Waals surface area contributed by atoms with Gasteiger partial charge in [-0.2, -0.15) is 18.2 Å². The first-order valence-corrected chi connectivity index (χ1v) is 14.9. The zero-order chi connectivity index (χ0) is 29.3. The van der Waals surface area contributed by atoms with Crippen molar-refractivity contribution in [1.29, 1.82) is 0 Å². The summed E-state index contributed by atoms with van der Waals surface area (Å²) in [5.74, 6) is 0.138. The molecule has 0 N–H and O–H groups in total. The monoisotopic (exact) mass is 585 g/mol. The maximum absolute atomic E-state index is 14.0. The molecule has 10 nitrogen and oxygen atoms in total. The first-order chi connectivity index (χ1) is 18.7. The Balaban J connectivity index is 1.61. The van der Waals surface area contributed by atoms with Gasteiger partial charge in [-0.15, -0.1) is 0 Å². The minimum atomic E-state index is -4.52. The Morgan fingerprint density at radius 3 is 2.55 bits per heavy atom. The molecule has 0 aromatic carbocycles. The zero-order valence-corrected chi connectivity index (χ0v) is 23.9. The number of pyridine rings is 1. The largest absolute Gasteiger partial charge is 0.462 e. The predicted octanol–water partition coefficient (Wildman–Crippen LogP) is 4.74. The average Bonchev–Trinajstić information content (AvgIpc) is 3.25. The van der Waals surface area contributed by atoms with E-state index in [0.717, 1.165) is 30.6 Å². The smallest absolute Gasteiger partial charge is 0.408 e. The fourth-order valence-corrected chi connectivity index (χ4v) is 4.45. The van der Waals surface area contributed by atoms with Crippen LogP contribution in [0.4, 0.5) is 13.2 Å². The maximum atomic E-state index is 14.0. The Bertz CT molecular complexity index is 1440. The number of aromatic nitrogens is 5. The molecule has 40 heavy (non-hydrogen) atoms. The van der Waals surface area contributed by atoms with Crippen molar-refractivity contribution in [2.45, 2.75) is 82.7 Å². The summed E-state index contributed by atoms with van der Waals surface area (Å²) < 4.78 is 82.9. The van der Waals surface area contributed by atoms with E-state index in [1.807, 2.05) is 0 Å². The Labute approximate surface area is 231 Å². The lowest BCUT2D eigenvalue weighted by Gasteiger charge is -2.27. The van der Waals surface area contributed by atoms with E-state index in [1.54, 1.807) is 32.9 Å². The van der Waals surface area contributed by atoms with E-state index >= 15 is 0 Å². The highest BCUT2D eigenvalue weighted by Crippen LogP contribution is 2.37. The molecule has 14 heteroatoms. The van der Waals surface area contributed by atoms with Gasteiger partial charge in [-0.3, -0.25) is 4.98 Å². The van der Waals surface area contributed by atoms with Crippen LogP contribution < -0.4 is 4.74 Å².